The first-order valence-electron chi connectivity index (χ1n) is 10.2. The molecule has 16 heteroatoms. The van der Waals surface area contributed by atoms with Crippen molar-refractivity contribution in [3.63, 3.8) is 0 Å². The minimum atomic E-state index is -4.85. The maximum absolute atomic E-state index is 12.4. The van der Waals surface area contributed by atoms with Gasteiger partial charge in [0.1, 0.15) is 10.5 Å². The number of nitrogen functional groups attached to an aromatic ring is 1. The molecule has 0 spiro atoms. The Morgan fingerprint density at radius 1 is 1.16 bits per heavy atom. The van der Waals surface area contributed by atoms with Crippen molar-refractivity contribution in [3.8, 4) is 11.4 Å². The zero-order chi connectivity index (χ0) is 26.9. The highest BCUT2D eigenvalue weighted by molar-refractivity contribution is 7.86. The number of hydrogen-bond acceptors (Lipinski definition) is 11. The van der Waals surface area contributed by atoms with Crippen LogP contribution in [0.3, 0.4) is 0 Å². The molecule has 2 aromatic heterocycles. The van der Waals surface area contributed by atoms with Crippen molar-refractivity contribution < 1.29 is 31.3 Å². The molecule has 3 N–H and O–H groups in total. The summed E-state index contributed by atoms with van der Waals surface area (Å²) in [6, 6.07) is 11.8. The topological polar surface area (TPSA) is 207 Å². The summed E-state index contributed by atoms with van der Waals surface area (Å²) in [5.41, 5.74) is 6.80. The molecular weight excluding hydrogens is 526 g/mol. The van der Waals surface area contributed by atoms with Gasteiger partial charge in [0.05, 0.1) is 30.4 Å². The SMILES string of the molecule is COC(=O)c1cnn(-c2cc(S(=O)[O-])ccc2S(=O)(=O)O)c1N=Nc1c(C)nn(-c2ccccc2)c1N. The van der Waals surface area contributed by atoms with Crippen LogP contribution in [0.2, 0.25) is 0 Å². The lowest BCUT2D eigenvalue weighted by Crippen LogP contribution is -2.08. The number of para-hydroxylation sites is 1. The van der Waals surface area contributed by atoms with Crippen molar-refractivity contribution in [3.05, 3.63) is 66.0 Å². The molecule has 0 aliphatic rings. The summed E-state index contributed by atoms with van der Waals surface area (Å²) in [5.74, 6) is -1.08. The minimum Gasteiger partial charge on any atom is -0.768 e. The van der Waals surface area contributed by atoms with Crippen molar-refractivity contribution in [1.82, 2.24) is 19.6 Å². The van der Waals surface area contributed by atoms with Crippen LogP contribution in [-0.2, 0) is 25.9 Å². The fourth-order valence-corrected chi connectivity index (χ4v) is 4.41. The van der Waals surface area contributed by atoms with E-state index in [2.05, 4.69) is 20.4 Å². The van der Waals surface area contributed by atoms with E-state index >= 15 is 0 Å². The number of benzene rings is 2. The molecule has 4 rings (SSSR count). The number of carbonyl (C=O) groups is 1. The molecule has 14 nitrogen and oxygen atoms in total. The molecule has 2 aromatic carbocycles. The average Bonchev–Trinajstić information content (AvgIpc) is 3.42. The van der Waals surface area contributed by atoms with Crippen molar-refractivity contribution in [2.24, 2.45) is 10.2 Å². The Kier molecular flexibility index (Phi) is 6.99. The summed E-state index contributed by atoms with van der Waals surface area (Å²) in [4.78, 5) is 11.4. The van der Waals surface area contributed by atoms with Crippen LogP contribution in [0.4, 0.5) is 17.3 Å². The number of ether oxygens (including phenoxy) is 1. The lowest BCUT2D eigenvalue weighted by atomic mass is 10.3. The summed E-state index contributed by atoms with van der Waals surface area (Å²) in [5, 5.41) is 16.5. The highest BCUT2D eigenvalue weighted by Crippen LogP contribution is 2.34. The molecule has 0 amide bonds. The van der Waals surface area contributed by atoms with Crippen LogP contribution in [0.5, 0.6) is 0 Å². The molecule has 0 radical (unpaired) electrons. The third-order valence-electron chi connectivity index (χ3n) is 5.09. The Balaban J connectivity index is 1.92. The number of nitrogens with two attached hydrogens (primary N) is 1. The van der Waals surface area contributed by atoms with Gasteiger partial charge in [0.25, 0.3) is 10.1 Å². The first-order chi connectivity index (χ1) is 17.5. The number of azo groups is 1. The van der Waals surface area contributed by atoms with Gasteiger partial charge in [-0.2, -0.15) is 18.6 Å². The maximum Gasteiger partial charge on any atom is 0.343 e. The Bertz CT molecular complexity index is 1660. The molecule has 0 aliphatic carbocycles. The lowest BCUT2D eigenvalue weighted by molar-refractivity contribution is 0.0601. The van der Waals surface area contributed by atoms with E-state index in [0.717, 1.165) is 36.2 Å². The van der Waals surface area contributed by atoms with Crippen molar-refractivity contribution in [2.45, 2.75) is 16.7 Å². The van der Waals surface area contributed by atoms with E-state index in [0.29, 0.717) is 11.4 Å². The number of aryl methyl sites for hydroxylation is 1. The molecular formula is C21H18N7O7S2-. The average molecular weight is 545 g/mol. The first kappa shape index (κ1) is 25.8. The van der Waals surface area contributed by atoms with Gasteiger partial charge in [0.2, 0.25) is 0 Å². The highest BCUT2D eigenvalue weighted by atomic mass is 32.2. The normalized spacial score (nSPS) is 12.6. The van der Waals surface area contributed by atoms with Gasteiger partial charge in [-0.25, -0.2) is 14.2 Å². The van der Waals surface area contributed by atoms with Gasteiger partial charge in [0.15, 0.2) is 17.3 Å². The van der Waals surface area contributed by atoms with Crippen molar-refractivity contribution in [2.75, 3.05) is 12.8 Å². The lowest BCUT2D eigenvalue weighted by Gasteiger charge is -2.12. The zero-order valence-corrected chi connectivity index (χ0v) is 20.8. The summed E-state index contributed by atoms with van der Waals surface area (Å²) < 4.78 is 63.8. The van der Waals surface area contributed by atoms with Crippen molar-refractivity contribution in [1.29, 1.82) is 0 Å². The third-order valence-corrected chi connectivity index (χ3v) is 6.63. The number of hydrogen-bond donors (Lipinski definition) is 2. The van der Waals surface area contributed by atoms with Crippen LogP contribution in [-0.4, -0.2) is 54.4 Å². The number of rotatable bonds is 7. The molecule has 1 atom stereocenters. The molecule has 0 aliphatic heterocycles. The number of carbonyl (C=O) groups excluding carboxylic acids is 1. The molecule has 4 aromatic rings. The Hall–Kier alpha value is -4.25. The van der Waals surface area contributed by atoms with E-state index < -0.39 is 37.8 Å². The van der Waals surface area contributed by atoms with Gasteiger partial charge in [-0.15, -0.1) is 10.2 Å². The number of anilines is 1. The predicted octanol–water partition coefficient (Wildman–Crippen LogP) is 2.64. The van der Waals surface area contributed by atoms with Crippen LogP contribution in [0.25, 0.3) is 11.4 Å². The van der Waals surface area contributed by atoms with Crippen LogP contribution in [0, 0.1) is 6.92 Å². The second-order valence-electron chi connectivity index (χ2n) is 7.39. The van der Waals surface area contributed by atoms with Gasteiger partial charge in [-0.1, -0.05) is 18.2 Å². The van der Waals surface area contributed by atoms with Crippen LogP contribution in [0.1, 0.15) is 16.1 Å². The van der Waals surface area contributed by atoms with E-state index in [9.17, 15) is 26.5 Å². The van der Waals surface area contributed by atoms with Crippen LogP contribution < -0.4 is 5.73 Å². The van der Waals surface area contributed by atoms with E-state index in [1.807, 2.05) is 6.07 Å². The predicted molar refractivity (Wildman–Crippen MR) is 129 cm³/mol. The van der Waals surface area contributed by atoms with Crippen LogP contribution >= 0.6 is 0 Å². The third kappa shape index (κ3) is 5.03. The van der Waals surface area contributed by atoms with Crippen molar-refractivity contribution >= 4 is 44.5 Å². The van der Waals surface area contributed by atoms with Gasteiger partial charge >= 0.3 is 5.97 Å². The smallest absolute Gasteiger partial charge is 0.343 e. The Labute approximate surface area is 212 Å². The largest absolute Gasteiger partial charge is 0.768 e. The standard InChI is InChI=1S/C21H19N7O7S2/c1-12-18(19(22)27(26-12)13-6-4-3-5-7-13)24-25-20-15(21(29)35-2)11-23-28(20)16-10-14(36(30)31)8-9-17(16)37(32,33)34/h3-11H,22H2,1-2H3,(H,30,31)(H,32,33,34)/p-1. The van der Waals surface area contributed by atoms with Gasteiger partial charge in [0, 0.05) is 4.90 Å². The fourth-order valence-electron chi connectivity index (χ4n) is 3.38. The zero-order valence-electron chi connectivity index (χ0n) is 19.2. The fraction of sp³-hybridized carbons (Fsp3) is 0.0952. The molecule has 0 saturated carbocycles. The summed E-state index contributed by atoms with van der Waals surface area (Å²) >= 11 is -2.75. The maximum atomic E-state index is 12.4. The molecule has 1 unspecified atom stereocenters. The van der Waals surface area contributed by atoms with E-state index in [1.54, 1.807) is 31.2 Å². The van der Waals surface area contributed by atoms with Gasteiger partial charge in [-0.05, 0) is 48.3 Å². The summed E-state index contributed by atoms with van der Waals surface area (Å²) in [7, 11) is -3.74. The number of nitrogens with zero attached hydrogens (tertiary/aromatic N) is 6. The summed E-state index contributed by atoms with van der Waals surface area (Å²) in [6.07, 6.45) is 1.03. The Morgan fingerprint density at radius 2 is 1.86 bits per heavy atom. The van der Waals surface area contributed by atoms with E-state index in [1.165, 1.54) is 4.68 Å². The second-order valence-corrected chi connectivity index (χ2v) is 9.72. The molecule has 0 fully saturated rings. The van der Waals surface area contributed by atoms with Gasteiger partial charge in [-0.3, -0.25) is 8.76 Å². The molecule has 2 heterocycles. The van der Waals surface area contributed by atoms with Crippen LogP contribution in [0.15, 0.2) is 74.7 Å². The number of aromatic nitrogens is 4. The summed E-state index contributed by atoms with van der Waals surface area (Å²) in [6.45, 7) is 1.63. The molecule has 0 bridgehead atoms. The molecule has 37 heavy (non-hydrogen) atoms. The molecule has 0 saturated heterocycles. The first-order valence-corrected chi connectivity index (χ1v) is 12.7. The monoisotopic (exact) mass is 544 g/mol. The van der Waals surface area contributed by atoms with E-state index in [-0.39, 0.29) is 27.8 Å². The number of esters is 1. The quantitative estimate of drug-likeness (QED) is 0.150. The molecule has 192 valence electrons. The highest BCUT2D eigenvalue weighted by Gasteiger charge is 2.25. The van der Waals surface area contributed by atoms with E-state index in [4.69, 9.17) is 10.5 Å². The number of methoxy groups -OCH3 is 1. The Morgan fingerprint density at radius 3 is 2.49 bits per heavy atom. The minimum absolute atomic E-state index is 0.125. The second kappa shape index (κ2) is 10.0. The van der Waals surface area contributed by atoms with Gasteiger partial charge < -0.3 is 15.0 Å².